The van der Waals surface area contributed by atoms with E-state index in [1.165, 1.54) is 13.3 Å². The largest absolute Gasteiger partial charge is 0.465 e. The molecule has 1 aliphatic carbocycles. The summed E-state index contributed by atoms with van der Waals surface area (Å²) in [5.74, 6) is 0.282. The van der Waals surface area contributed by atoms with E-state index in [9.17, 15) is 9.59 Å². The molecule has 1 atom stereocenters. The van der Waals surface area contributed by atoms with Gasteiger partial charge in [0.2, 0.25) is 0 Å². The summed E-state index contributed by atoms with van der Waals surface area (Å²) in [7, 11) is 1.35. The number of nitrogens with zero attached hydrogens (tertiary/aromatic N) is 2. The predicted octanol–water partition coefficient (Wildman–Crippen LogP) is 3.41. The lowest BCUT2D eigenvalue weighted by molar-refractivity contribution is -0.116. The van der Waals surface area contributed by atoms with Crippen LogP contribution in [0, 0.1) is 0 Å². The summed E-state index contributed by atoms with van der Waals surface area (Å²) in [6, 6.07) is 7.80. The minimum atomic E-state index is -0.443. The molecule has 7 heteroatoms. The summed E-state index contributed by atoms with van der Waals surface area (Å²) in [6.07, 6.45) is 5.66. The maximum atomic E-state index is 12.7. The molecule has 0 radical (unpaired) electrons. The number of allylic oxidation sites excluding steroid dienone is 2. The van der Waals surface area contributed by atoms with Crippen LogP contribution >= 0.6 is 11.8 Å². The second kappa shape index (κ2) is 6.64. The maximum Gasteiger partial charge on any atom is 0.343 e. The Kier molecular flexibility index (Phi) is 4.32. The molecular weight excluding hydrogens is 350 g/mol. The predicted molar refractivity (Wildman–Crippen MR) is 99.4 cm³/mol. The van der Waals surface area contributed by atoms with Crippen LogP contribution in [0.3, 0.4) is 0 Å². The van der Waals surface area contributed by atoms with E-state index in [2.05, 4.69) is 10.4 Å². The molecule has 2 aliphatic rings. The quantitative estimate of drug-likeness (QED) is 0.660. The molecule has 134 valence electrons. The van der Waals surface area contributed by atoms with Gasteiger partial charge in [-0.1, -0.05) is 12.1 Å². The third-order valence-electron chi connectivity index (χ3n) is 4.88. The average Bonchev–Trinajstić information content (AvgIpc) is 3.09. The van der Waals surface area contributed by atoms with Gasteiger partial charge in [-0.15, -0.1) is 11.8 Å². The average molecular weight is 369 g/mol. The molecule has 1 aliphatic heterocycles. The smallest absolute Gasteiger partial charge is 0.343 e. The van der Waals surface area contributed by atoms with Gasteiger partial charge in [-0.2, -0.15) is 5.10 Å². The van der Waals surface area contributed by atoms with Gasteiger partial charge >= 0.3 is 5.97 Å². The zero-order valence-electron chi connectivity index (χ0n) is 14.6. The molecule has 26 heavy (non-hydrogen) atoms. The third-order valence-corrected chi connectivity index (χ3v) is 5.62. The Morgan fingerprint density at radius 3 is 2.77 bits per heavy atom. The van der Waals surface area contributed by atoms with Crippen LogP contribution in [-0.2, 0) is 9.53 Å². The van der Waals surface area contributed by atoms with Crippen LogP contribution in [0.5, 0.6) is 0 Å². The van der Waals surface area contributed by atoms with Crippen molar-refractivity contribution in [3.63, 3.8) is 0 Å². The van der Waals surface area contributed by atoms with Gasteiger partial charge in [-0.25, -0.2) is 9.48 Å². The van der Waals surface area contributed by atoms with Gasteiger partial charge in [-0.3, -0.25) is 4.79 Å². The lowest BCUT2D eigenvalue weighted by Gasteiger charge is -2.33. The first-order valence-electron chi connectivity index (χ1n) is 8.47. The van der Waals surface area contributed by atoms with Crippen LogP contribution in [0.1, 0.15) is 41.2 Å². The molecule has 0 bridgehead atoms. The number of fused-ring (bicyclic) bond motifs is 1. The molecule has 6 nitrogen and oxygen atoms in total. The first-order chi connectivity index (χ1) is 12.6. The third kappa shape index (κ3) is 2.63. The van der Waals surface area contributed by atoms with Crippen molar-refractivity contribution in [1.82, 2.24) is 9.78 Å². The van der Waals surface area contributed by atoms with Crippen LogP contribution in [0.25, 0.3) is 0 Å². The van der Waals surface area contributed by atoms with Crippen molar-refractivity contribution in [3.05, 3.63) is 52.9 Å². The van der Waals surface area contributed by atoms with Gasteiger partial charge < -0.3 is 10.1 Å². The zero-order chi connectivity index (χ0) is 18.3. The molecule has 0 unspecified atom stereocenters. The van der Waals surface area contributed by atoms with Gasteiger partial charge in [0.25, 0.3) is 0 Å². The number of nitrogens with one attached hydrogen (secondary N) is 1. The topological polar surface area (TPSA) is 73.2 Å². The molecule has 0 amide bonds. The number of aromatic nitrogens is 2. The van der Waals surface area contributed by atoms with Crippen LogP contribution in [0.15, 0.2) is 46.6 Å². The van der Waals surface area contributed by atoms with E-state index >= 15 is 0 Å². The van der Waals surface area contributed by atoms with Gasteiger partial charge in [0.1, 0.15) is 17.4 Å². The van der Waals surface area contributed by atoms with E-state index in [-0.39, 0.29) is 11.8 Å². The molecule has 2 heterocycles. The van der Waals surface area contributed by atoms with Crippen molar-refractivity contribution < 1.29 is 14.3 Å². The summed E-state index contributed by atoms with van der Waals surface area (Å²) in [6.45, 7) is 0. The molecule has 0 saturated heterocycles. The second-order valence-corrected chi connectivity index (χ2v) is 7.19. The number of ether oxygens (including phenoxy) is 1. The minimum absolute atomic E-state index is 0.137. The monoisotopic (exact) mass is 369 g/mol. The van der Waals surface area contributed by atoms with Crippen LogP contribution < -0.4 is 5.32 Å². The highest BCUT2D eigenvalue weighted by molar-refractivity contribution is 7.98. The fraction of sp³-hybridized carbons (Fsp3) is 0.316. The highest BCUT2D eigenvalue weighted by atomic mass is 32.2. The summed E-state index contributed by atoms with van der Waals surface area (Å²) >= 11 is 1.67. The first kappa shape index (κ1) is 16.9. The minimum Gasteiger partial charge on any atom is -0.465 e. The lowest BCUT2D eigenvalue weighted by atomic mass is 9.85. The molecule has 0 fully saturated rings. The number of thioether (sulfide) groups is 1. The number of anilines is 1. The van der Waals surface area contributed by atoms with E-state index in [4.69, 9.17) is 4.74 Å². The van der Waals surface area contributed by atoms with E-state index < -0.39 is 5.97 Å². The zero-order valence-corrected chi connectivity index (χ0v) is 15.4. The fourth-order valence-electron chi connectivity index (χ4n) is 3.61. The van der Waals surface area contributed by atoms with Crippen LogP contribution in [-0.4, -0.2) is 34.9 Å². The van der Waals surface area contributed by atoms with Crippen molar-refractivity contribution in [3.8, 4) is 0 Å². The number of hydrogen-bond acceptors (Lipinski definition) is 6. The van der Waals surface area contributed by atoms with Crippen molar-refractivity contribution in [2.45, 2.75) is 30.2 Å². The Labute approximate surface area is 155 Å². The Balaban J connectivity index is 1.88. The summed E-state index contributed by atoms with van der Waals surface area (Å²) in [4.78, 5) is 26.0. The molecule has 1 aromatic heterocycles. The Morgan fingerprint density at radius 2 is 2.08 bits per heavy atom. The number of esters is 1. The molecule has 1 aromatic carbocycles. The number of carbonyl (C=O) groups excluding carboxylic acids is 2. The molecule has 4 rings (SSSR count). The fourth-order valence-corrected chi connectivity index (χ4v) is 4.02. The van der Waals surface area contributed by atoms with Crippen LogP contribution in [0.4, 0.5) is 5.82 Å². The molecule has 0 saturated carbocycles. The second-order valence-electron chi connectivity index (χ2n) is 6.31. The summed E-state index contributed by atoms with van der Waals surface area (Å²) < 4.78 is 6.60. The number of Topliss-reactive ketones (excluding diaryl/α,β-unsaturated/α-hetero) is 1. The van der Waals surface area contributed by atoms with Gasteiger partial charge in [-0.05, 0) is 36.8 Å². The number of hydrogen-bond donors (Lipinski definition) is 1. The highest BCUT2D eigenvalue weighted by Gasteiger charge is 2.37. The number of rotatable bonds is 3. The number of carbonyl (C=O) groups is 2. The van der Waals surface area contributed by atoms with Crippen molar-refractivity contribution in [2.75, 3.05) is 18.7 Å². The summed E-state index contributed by atoms with van der Waals surface area (Å²) in [5.41, 5.74) is 2.99. The first-order valence-corrected chi connectivity index (χ1v) is 9.69. The Morgan fingerprint density at radius 1 is 1.31 bits per heavy atom. The molecule has 1 N–H and O–H groups in total. The number of benzene rings is 1. The summed E-state index contributed by atoms with van der Waals surface area (Å²) in [5, 5.41) is 7.68. The van der Waals surface area contributed by atoms with Crippen molar-refractivity contribution >= 4 is 29.3 Å². The lowest BCUT2D eigenvalue weighted by Crippen LogP contribution is -2.31. The van der Waals surface area contributed by atoms with E-state index in [1.807, 2.05) is 30.5 Å². The van der Waals surface area contributed by atoms with E-state index in [0.717, 1.165) is 34.6 Å². The van der Waals surface area contributed by atoms with Crippen molar-refractivity contribution in [1.29, 1.82) is 0 Å². The van der Waals surface area contributed by atoms with E-state index in [0.29, 0.717) is 17.8 Å². The standard InChI is InChI=1S/C19H19N3O3S/c1-25-19(24)13-10-20-22-17(11-6-8-12(26-2)9-7-11)16-14(21-18(13)22)4-3-5-15(16)23/h6-10,17,21H,3-5H2,1-2H3/t17-/m0/s1. The molecular formula is C19H19N3O3S. The normalized spacial score (nSPS) is 18.8. The Bertz CT molecular complexity index is 915. The SMILES string of the molecule is COC(=O)c1cnn2c1NC1=C(C(=O)CCC1)[C@@H]2c1ccc(SC)cc1. The highest BCUT2D eigenvalue weighted by Crippen LogP contribution is 2.41. The van der Waals surface area contributed by atoms with Crippen LogP contribution in [0.2, 0.25) is 0 Å². The Hall–Kier alpha value is -2.54. The molecule has 0 spiro atoms. The van der Waals surface area contributed by atoms with Crippen molar-refractivity contribution in [2.24, 2.45) is 0 Å². The van der Waals surface area contributed by atoms with E-state index in [1.54, 1.807) is 16.4 Å². The maximum absolute atomic E-state index is 12.7. The van der Waals surface area contributed by atoms with Gasteiger partial charge in [0.05, 0.1) is 13.3 Å². The molecule has 2 aromatic rings. The van der Waals surface area contributed by atoms with Gasteiger partial charge in [0, 0.05) is 22.6 Å². The number of methoxy groups -OCH3 is 1. The van der Waals surface area contributed by atoms with Gasteiger partial charge in [0.15, 0.2) is 5.78 Å². The number of ketones is 1.